The van der Waals surface area contributed by atoms with Gasteiger partial charge in [0.25, 0.3) is 5.69 Å². The van der Waals surface area contributed by atoms with Gasteiger partial charge in [-0.25, -0.2) is 0 Å². The predicted octanol–water partition coefficient (Wildman–Crippen LogP) is 4.25. The molecule has 0 aromatic heterocycles. The van der Waals surface area contributed by atoms with Crippen molar-refractivity contribution in [2.45, 2.75) is 43.1 Å². The van der Waals surface area contributed by atoms with Gasteiger partial charge in [-0.1, -0.05) is 24.4 Å². The molecule has 114 valence electrons. The molecule has 0 bridgehead atoms. The smallest absolute Gasteiger partial charge is 0.271 e. The summed E-state index contributed by atoms with van der Waals surface area (Å²) in [5, 5.41) is 14.1. The van der Waals surface area contributed by atoms with Crippen LogP contribution in [0.15, 0.2) is 18.2 Å². The molecule has 1 aliphatic carbocycles. The Morgan fingerprint density at radius 3 is 2.76 bits per heavy atom. The number of halogens is 1. The van der Waals surface area contributed by atoms with Gasteiger partial charge in [-0.15, -0.1) is 11.8 Å². The van der Waals surface area contributed by atoms with Gasteiger partial charge in [0.15, 0.2) is 0 Å². The molecule has 0 unspecified atom stereocenters. The number of hydrogen-bond donors (Lipinski definition) is 1. The van der Waals surface area contributed by atoms with Crippen LogP contribution in [-0.2, 0) is 4.79 Å². The second-order valence-corrected chi connectivity index (χ2v) is 7.15. The van der Waals surface area contributed by atoms with Crippen LogP contribution in [0.2, 0.25) is 5.02 Å². The first kappa shape index (κ1) is 16.1. The molecule has 1 amide bonds. The van der Waals surface area contributed by atoms with Gasteiger partial charge in [-0.3, -0.25) is 14.9 Å². The summed E-state index contributed by atoms with van der Waals surface area (Å²) in [6, 6.07) is 4.02. The first-order valence-electron chi connectivity index (χ1n) is 6.87. The Balaban J connectivity index is 2.01. The van der Waals surface area contributed by atoms with E-state index in [2.05, 4.69) is 5.32 Å². The summed E-state index contributed by atoms with van der Waals surface area (Å²) < 4.78 is 0. The molecule has 0 saturated heterocycles. The second kappa shape index (κ2) is 7.13. The van der Waals surface area contributed by atoms with E-state index in [0.29, 0.717) is 10.3 Å². The number of benzene rings is 1. The highest BCUT2D eigenvalue weighted by Gasteiger charge is 2.23. The van der Waals surface area contributed by atoms with Crippen LogP contribution in [0.3, 0.4) is 0 Å². The Labute approximate surface area is 132 Å². The van der Waals surface area contributed by atoms with Gasteiger partial charge in [0, 0.05) is 17.4 Å². The fourth-order valence-corrected chi connectivity index (χ4v) is 3.86. The fourth-order valence-electron chi connectivity index (χ4n) is 2.33. The van der Waals surface area contributed by atoms with E-state index in [1.807, 2.05) is 6.92 Å². The predicted molar refractivity (Wildman–Crippen MR) is 86.0 cm³/mol. The lowest BCUT2D eigenvalue weighted by Gasteiger charge is -2.16. The third kappa shape index (κ3) is 4.35. The number of rotatable bonds is 5. The second-order valence-electron chi connectivity index (χ2n) is 5.10. The molecule has 1 aromatic carbocycles. The number of hydrogen-bond acceptors (Lipinski definition) is 4. The minimum absolute atomic E-state index is 0.0919. The van der Waals surface area contributed by atoms with Crippen molar-refractivity contribution in [2.24, 2.45) is 0 Å². The molecule has 1 atom stereocenters. The van der Waals surface area contributed by atoms with Gasteiger partial charge in [0.1, 0.15) is 0 Å². The molecule has 1 aliphatic rings. The van der Waals surface area contributed by atoms with Crippen LogP contribution in [0.5, 0.6) is 0 Å². The molecule has 1 fully saturated rings. The normalized spacial score (nSPS) is 16.7. The van der Waals surface area contributed by atoms with Gasteiger partial charge in [-0.05, 0) is 25.8 Å². The van der Waals surface area contributed by atoms with Crippen molar-refractivity contribution in [1.29, 1.82) is 0 Å². The largest absolute Gasteiger partial charge is 0.324 e. The molecule has 1 saturated carbocycles. The zero-order valence-corrected chi connectivity index (χ0v) is 13.2. The van der Waals surface area contributed by atoms with E-state index in [0.717, 1.165) is 12.8 Å². The number of anilines is 1. The first-order valence-corrected chi connectivity index (χ1v) is 8.19. The molecular formula is C14H17ClN2O3S. The highest BCUT2D eigenvalue weighted by Crippen LogP contribution is 2.33. The molecule has 0 heterocycles. The van der Waals surface area contributed by atoms with Crippen molar-refractivity contribution in [1.82, 2.24) is 0 Å². The molecule has 5 nitrogen and oxygen atoms in total. The summed E-state index contributed by atoms with van der Waals surface area (Å²) in [5.41, 5.74) is 0.195. The Bertz CT molecular complexity index is 547. The maximum atomic E-state index is 12.2. The number of amides is 1. The van der Waals surface area contributed by atoms with E-state index < -0.39 is 4.92 Å². The molecule has 0 spiro atoms. The van der Waals surface area contributed by atoms with Crippen molar-refractivity contribution >= 4 is 40.6 Å². The van der Waals surface area contributed by atoms with Crippen LogP contribution in [-0.4, -0.2) is 21.3 Å². The van der Waals surface area contributed by atoms with Crippen molar-refractivity contribution in [3.05, 3.63) is 33.3 Å². The Morgan fingerprint density at radius 1 is 1.48 bits per heavy atom. The Morgan fingerprint density at radius 2 is 2.14 bits per heavy atom. The van der Waals surface area contributed by atoms with Crippen LogP contribution in [0.4, 0.5) is 11.4 Å². The zero-order chi connectivity index (χ0) is 15.4. The number of nitro benzene ring substituents is 1. The Hall–Kier alpha value is -1.27. The van der Waals surface area contributed by atoms with E-state index >= 15 is 0 Å². The van der Waals surface area contributed by atoms with E-state index in [1.165, 1.54) is 31.0 Å². The third-order valence-electron chi connectivity index (χ3n) is 3.49. The number of nitrogens with zero attached hydrogens (tertiary/aromatic N) is 1. The lowest BCUT2D eigenvalue weighted by atomic mass is 10.2. The summed E-state index contributed by atoms with van der Waals surface area (Å²) in [4.78, 5) is 22.4. The van der Waals surface area contributed by atoms with Crippen LogP contribution in [0.25, 0.3) is 0 Å². The number of non-ortho nitro benzene ring substituents is 1. The number of thioether (sulfide) groups is 1. The van der Waals surface area contributed by atoms with Gasteiger partial charge >= 0.3 is 0 Å². The van der Waals surface area contributed by atoms with Crippen LogP contribution in [0, 0.1) is 10.1 Å². The van der Waals surface area contributed by atoms with Crippen molar-refractivity contribution in [3.8, 4) is 0 Å². The highest BCUT2D eigenvalue weighted by molar-refractivity contribution is 8.01. The Kier molecular flexibility index (Phi) is 5.47. The van der Waals surface area contributed by atoms with Crippen molar-refractivity contribution in [3.63, 3.8) is 0 Å². The zero-order valence-electron chi connectivity index (χ0n) is 11.7. The first-order chi connectivity index (χ1) is 9.97. The molecular weight excluding hydrogens is 312 g/mol. The highest BCUT2D eigenvalue weighted by atomic mass is 35.5. The molecule has 2 rings (SSSR count). The lowest BCUT2D eigenvalue weighted by Crippen LogP contribution is -2.24. The minimum atomic E-state index is -0.511. The number of carbonyl (C=O) groups is 1. The molecule has 1 N–H and O–H groups in total. The van der Waals surface area contributed by atoms with E-state index in [1.54, 1.807) is 11.8 Å². The van der Waals surface area contributed by atoms with Crippen LogP contribution >= 0.6 is 23.4 Å². The maximum absolute atomic E-state index is 12.2. The molecule has 0 aliphatic heterocycles. The van der Waals surface area contributed by atoms with E-state index in [4.69, 9.17) is 11.6 Å². The average molecular weight is 329 g/mol. The average Bonchev–Trinajstić information content (AvgIpc) is 2.93. The summed E-state index contributed by atoms with van der Waals surface area (Å²) in [7, 11) is 0. The van der Waals surface area contributed by atoms with E-state index in [-0.39, 0.29) is 22.5 Å². The summed E-state index contributed by atoms with van der Waals surface area (Å²) in [6.07, 6.45) is 4.76. The van der Waals surface area contributed by atoms with Crippen LogP contribution in [0.1, 0.15) is 32.6 Å². The maximum Gasteiger partial charge on any atom is 0.271 e. The van der Waals surface area contributed by atoms with Crippen LogP contribution < -0.4 is 5.32 Å². The summed E-state index contributed by atoms with van der Waals surface area (Å²) >= 11 is 7.64. The fraction of sp³-hybridized carbons (Fsp3) is 0.500. The quantitative estimate of drug-likeness (QED) is 0.647. The SMILES string of the molecule is C[C@H](SC1CCCC1)C(=O)Nc1cc([N+](=O)[O-])ccc1Cl. The number of carbonyl (C=O) groups excluding carboxylic acids is 1. The van der Waals surface area contributed by atoms with Crippen molar-refractivity contribution < 1.29 is 9.72 Å². The monoisotopic (exact) mass is 328 g/mol. The third-order valence-corrected chi connectivity index (χ3v) is 5.29. The standard InChI is InChI=1S/C14H17ClN2O3S/c1-9(21-11-4-2-3-5-11)14(18)16-13-8-10(17(19)20)6-7-12(13)15/h6-9,11H,2-5H2,1H3,(H,16,18)/t9-/m0/s1. The summed E-state index contributed by atoms with van der Waals surface area (Å²) in [6.45, 7) is 1.85. The summed E-state index contributed by atoms with van der Waals surface area (Å²) in [5.74, 6) is -0.172. The van der Waals surface area contributed by atoms with E-state index in [9.17, 15) is 14.9 Å². The van der Waals surface area contributed by atoms with Crippen molar-refractivity contribution in [2.75, 3.05) is 5.32 Å². The molecule has 21 heavy (non-hydrogen) atoms. The van der Waals surface area contributed by atoms with Gasteiger partial charge in [0.2, 0.25) is 5.91 Å². The minimum Gasteiger partial charge on any atom is -0.324 e. The topological polar surface area (TPSA) is 72.2 Å². The lowest BCUT2D eigenvalue weighted by molar-refractivity contribution is -0.384. The molecule has 0 radical (unpaired) electrons. The van der Waals surface area contributed by atoms with Gasteiger partial charge < -0.3 is 5.32 Å². The van der Waals surface area contributed by atoms with Gasteiger partial charge in [-0.2, -0.15) is 0 Å². The number of nitrogens with one attached hydrogen (secondary N) is 1. The molecule has 7 heteroatoms. The van der Waals surface area contributed by atoms with Gasteiger partial charge in [0.05, 0.1) is 20.9 Å². The molecule has 1 aromatic rings. The number of nitro groups is 1.